The average molecular weight is 303 g/mol. The Morgan fingerprint density at radius 2 is 2.10 bits per heavy atom. The molecule has 0 aliphatic rings. The molecule has 1 heterocycles. The molecule has 0 bridgehead atoms. The van der Waals surface area contributed by atoms with Crippen LogP contribution < -0.4 is 11.1 Å². The van der Waals surface area contributed by atoms with E-state index >= 15 is 0 Å². The van der Waals surface area contributed by atoms with Crippen LogP contribution in [0.1, 0.15) is 47.4 Å². The molecule has 112 valence electrons. The van der Waals surface area contributed by atoms with Crippen LogP contribution in [-0.2, 0) is 12.0 Å². The van der Waals surface area contributed by atoms with Crippen molar-refractivity contribution in [2.45, 2.75) is 39.7 Å². The first-order valence-corrected chi connectivity index (χ1v) is 7.75. The minimum Gasteiger partial charge on any atom is -0.379 e. The van der Waals surface area contributed by atoms with Gasteiger partial charge in [-0.25, -0.2) is 4.98 Å². The highest BCUT2D eigenvalue weighted by Crippen LogP contribution is 2.26. The fraction of sp³-hybridized carbons (Fsp3) is 0.375. The van der Waals surface area contributed by atoms with Crippen molar-refractivity contribution < 1.29 is 4.79 Å². The number of rotatable bonds is 4. The topological polar surface area (TPSA) is 68.0 Å². The zero-order valence-electron chi connectivity index (χ0n) is 12.9. The predicted octanol–water partition coefficient (Wildman–Crippen LogP) is 3.46. The number of carbonyl (C=O) groups excluding carboxylic acids is 1. The molecule has 0 aliphatic heterocycles. The number of nitrogens with two attached hydrogens (primary N) is 1. The molecule has 3 N–H and O–H groups in total. The summed E-state index contributed by atoms with van der Waals surface area (Å²) < 4.78 is 0. The molecule has 4 nitrogen and oxygen atoms in total. The van der Waals surface area contributed by atoms with E-state index in [9.17, 15) is 4.79 Å². The number of aromatic nitrogens is 1. The zero-order chi connectivity index (χ0) is 15.6. The van der Waals surface area contributed by atoms with E-state index in [2.05, 4.69) is 36.5 Å². The quantitative estimate of drug-likeness (QED) is 0.909. The van der Waals surface area contributed by atoms with Crippen molar-refractivity contribution in [2.24, 2.45) is 5.73 Å². The third-order valence-corrected chi connectivity index (χ3v) is 4.57. The molecule has 1 aromatic carbocycles. The number of nitrogens with zero attached hydrogens (tertiary/aromatic N) is 1. The van der Waals surface area contributed by atoms with Gasteiger partial charge >= 0.3 is 0 Å². The third kappa shape index (κ3) is 3.61. The molecule has 0 saturated heterocycles. The van der Waals surface area contributed by atoms with Gasteiger partial charge < -0.3 is 11.1 Å². The first kappa shape index (κ1) is 15.5. The van der Waals surface area contributed by atoms with E-state index < -0.39 is 5.91 Å². The summed E-state index contributed by atoms with van der Waals surface area (Å²) in [5.74, 6) is -0.403. The Bertz CT molecular complexity index is 656. The Hall–Kier alpha value is -1.88. The Labute approximate surface area is 129 Å². The van der Waals surface area contributed by atoms with Crippen LogP contribution in [0.25, 0.3) is 0 Å². The molecule has 0 atom stereocenters. The van der Waals surface area contributed by atoms with Crippen LogP contribution in [0.4, 0.5) is 5.69 Å². The largest absolute Gasteiger partial charge is 0.379 e. The van der Waals surface area contributed by atoms with Crippen molar-refractivity contribution in [1.82, 2.24) is 4.98 Å². The van der Waals surface area contributed by atoms with E-state index in [1.165, 1.54) is 0 Å². The minimum absolute atomic E-state index is 0.0741. The van der Waals surface area contributed by atoms with E-state index in [1.54, 1.807) is 17.4 Å². The second-order valence-electron chi connectivity index (χ2n) is 6.09. The van der Waals surface area contributed by atoms with Gasteiger partial charge in [-0.2, -0.15) is 0 Å². The van der Waals surface area contributed by atoms with Gasteiger partial charge in [-0.05, 0) is 24.6 Å². The van der Waals surface area contributed by atoms with Gasteiger partial charge in [-0.1, -0.05) is 26.8 Å². The van der Waals surface area contributed by atoms with Crippen molar-refractivity contribution in [3.8, 4) is 0 Å². The van der Waals surface area contributed by atoms with Gasteiger partial charge in [0.05, 0.1) is 17.2 Å². The molecule has 1 amide bonds. The molecule has 0 spiro atoms. The van der Waals surface area contributed by atoms with Crippen LogP contribution >= 0.6 is 11.3 Å². The SMILES string of the molecule is Cc1c(NCc2csc(C(C)(C)C)n2)cccc1C(N)=O. The van der Waals surface area contributed by atoms with E-state index in [1.807, 2.05) is 19.1 Å². The lowest BCUT2D eigenvalue weighted by Gasteiger charge is -2.14. The fourth-order valence-corrected chi connectivity index (χ4v) is 2.92. The molecule has 0 fully saturated rings. The molecule has 0 saturated carbocycles. The van der Waals surface area contributed by atoms with Gasteiger partial charge in [0.2, 0.25) is 5.91 Å². The summed E-state index contributed by atoms with van der Waals surface area (Å²) in [4.78, 5) is 16.0. The van der Waals surface area contributed by atoms with Gasteiger partial charge in [0, 0.05) is 22.0 Å². The van der Waals surface area contributed by atoms with E-state index in [0.717, 1.165) is 22.0 Å². The van der Waals surface area contributed by atoms with Crippen LogP contribution in [0.5, 0.6) is 0 Å². The number of carbonyl (C=O) groups is 1. The van der Waals surface area contributed by atoms with Crippen molar-refractivity contribution >= 4 is 22.9 Å². The Morgan fingerprint density at radius 1 is 1.38 bits per heavy atom. The highest BCUT2D eigenvalue weighted by Gasteiger charge is 2.18. The number of hydrogen-bond donors (Lipinski definition) is 2. The van der Waals surface area contributed by atoms with E-state index in [-0.39, 0.29) is 5.41 Å². The monoisotopic (exact) mass is 303 g/mol. The van der Waals surface area contributed by atoms with Crippen LogP contribution in [0, 0.1) is 6.92 Å². The van der Waals surface area contributed by atoms with E-state index in [4.69, 9.17) is 5.73 Å². The highest BCUT2D eigenvalue weighted by molar-refractivity contribution is 7.09. The molecule has 0 radical (unpaired) electrons. The minimum atomic E-state index is -0.403. The number of benzene rings is 1. The Kier molecular flexibility index (Phi) is 4.32. The summed E-state index contributed by atoms with van der Waals surface area (Å²) in [6.07, 6.45) is 0. The number of amides is 1. The average Bonchev–Trinajstić information content (AvgIpc) is 2.86. The standard InChI is InChI=1S/C16H21N3OS/c1-10-12(14(17)20)6-5-7-13(10)18-8-11-9-21-15(19-11)16(2,3)4/h5-7,9,18H,8H2,1-4H3,(H2,17,20). The molecular weight excluding hydrogens is 282 g/mol. The lowest BCUT2D eigenvalue weighted by molar-refractivity contribution is 0.1000. The number of nitrogens with one attached hydrogen (secondary N) is 1. The zero-order valence-corrected chi connectivity index (χ0v) is 13.7. The maximum atomic E-state index is 11.3. The second kappa shape index (κ2) is 5.85. The second-order valence-corrected chi connectivity index (χ2v) is 6.95. The summed E-state index contributed by atoms with van der Waals surface area (Å²) in [6, 6.07) is 5.51. The lowest BCUT2D eigenvalue weighted by Crippen LogP contribution is -2.14. The van der Waals surface area contributed by atoms with Crippen LogP contribution in [-0.4, -0.2) is 10.9 Å². The number of anilines is 1. The van der Waals surface area contributed by atoms with Crippen LogP contribution in [0.2, 0.25) is 0 Å². The maximum absolute atomic E-state index is 11.3. The fourth-order valence-electron chi connectivity index (χ4n) is 2.01. The number of primary amides is 1. The smallest absolute Gasteiger partial charge is 0.249 e. The Morgan fingerprint density at radius 3 is 2.67 bits per heavy atom. The first-order chi connectivity index (χ1) is 9.79. The molecule has 1 aromatic heterocycles. The van der Waals surface area contributed by atoms with Gasteiger partial charge in [0.1, 0.15) is 0 Å². The maximum Gasteiger partial charge on any atom is 0.249 e. The third-order valence-electron chi connectivity index (χ3n) is 3.25. The normalized spacial score (nSPS) is 11.4. The summed E-state index contributed by atoms with van der Waals surface area (Å²) in [7, 11) is 0. The van der Waals surface area contributed by atoms with Crippen molar-refractivity contribution in [2.75, 3.05) is 5.32 Å². The molecule has 2 rings (SSSR count). The summed E-state index contributed by atoms with van der Waals surface area (Å²) in [6.45, 7) is 9.00. The number of hydrogen-bond acceptors (Lipinski definition) is 4. The van der Waals surface area contributed by atoms with Crippen molar-refractivity contribution in [1.29, 1.82) is 0 Å². The van der Waals surface area contributed by atoms with Crippen molar-refractivity contribution in [3.63, 3.8) is 0 Å². The molecule has 21 heavy (non-hydrogen) atoms. The van der Waals surface area contributed by atoms with Gasteiger partial charge in [0.15, 0.2) is 0 Å². The molecule has 2 aromatic rings. The van der Waals surface area contributed by atoms with Crippen LogP contribution in [0.15, 0.2) is 23.6 Å². The lowest BCUT2D eigenvalue weighted by atomic mass is 9.98. The predicted molar refractivity (Wildman–Crippen MR) is 87.8 cm³/mol. The summed E-state index contributed by atoms with van der Waals surface area (Å²) in [5.41, 5.74) is 8.78. The first-order valence-electron chi connectivity index (χ1n) is 6.87. The van der Waals surface area contributed by atoms with Gasteiger partial charge in [-0.3, -0.25) is 4.79 Å². The Balaban J connectivity index is 2.12. The molecule has 0 aliphatic carbocycles. The van der Waals surface area contributed by atoms with Gasteiger partial charge in [-0.15, -0.1) is 11.3 Å². The van der Waals surface area contributed by atoms with Crippen molar-refractivity contribution in [3.05, 3.63) is 45.4 Å². The molecule has 0 unspecified atom stereocenters. The summed E-state index contributed by atoms with van der Waals surface area (Å²) >= 11 is 1.68. The van der Waals surface area contributed by atoms with Gasteiger partial charge in [0.25, 0.3) is 0 Å². The molecular formula is C16H21N3OS. The van der Waals surface area contributed by atoms with Crippen LogP contribution in [0.3, 0.4) is 0 Å². The van der Waals surface area contributed by atoms with E-state index in [0.29, 0.717) is 12.1 Å². The highest BCUT2D eigenvalue weighted by atomic mass is 32.1. The molecule has 5 heteroatoms. The summed E-state index contributed by atoms with van der Waals surface area (Å²) in [5, 5.41) is 6.52. The number of thiazole rings is 1.